The molecule has 3 heterocycles. The van der Waals surface area contributed by atoms with Crippen molar-refractivity contribution in [1.82, 2.24) is 24.2 Å². The molecule has 1 N–H and O–H groups in total. The maximum absolute atomic E-state index is 14.5. The lowest BCUT2D eigenvalue weighted by atomic mass is 10.1. The summed E-state index contributed by atoms with van der Waals surface area (Å²) in [6.07, 6.45) is 5.01. The Morgan fingerprint density at radius 3 is 2.56 bits per heavy atom. The Hall–Kier alpha value is -3.78. The van der Waals surface area contributed by atoms with Gasteiger partial charge >= 0.3 is 0 Å². The summed E-state index contributed by atoms with van der Waals surface area (Å²) >= 11 is 0. The van der Waals surface area contributed by atoms with Crippen LogP contribution in [0.25, 0.3) is 16.9 Å². The highest BCUT2D eigenvalue weighted by Crippen LogP contribution is 2.30. The van der Waals surface area contributed by atoms with Crippen molar-refractivity contribution < 1.29 is 9.18 Å². The average Bonchev–Trinajstić information content (AvgIpc) is 3.26. The Kier molecular flexibility index (Phi) is 6.22. The van der Waals surface area contributed by atoms with Gasteiger partial charge in [-0.3, -0.25) is 19.1 Å². The zero-order valence-electron chi connectivity index (χ0n) is 19.1. The topological polar surface area (TPSA) is 65.8 Å². The van der Waals surface area contributed by atoms with Crippen molar-refractivity contribution in [2.24, 2.45) is 0 Å². The third-order valence-corrected chi connectivity index (χ3v) is 6.46. The van der Waals surface area contributed by atoms with Gasteiger partial charge in [0.05, 0.1) is 12.7 Å². The molecule has 5 rings (SSSR count). The van der Waals surface area contributed by atoms with E-state index in [0.717, 1.165) is 13.1 Å². The molecule has 174 valence electrons. The molecule has 1 aliphatic rings. The van der Waals surface area contributed by atoms with Crippen LogP contribution in [0.3, 0.4) is 0 Å². The van der Waals surface area contributed by atoms with Crippen LogP contribution in [0.15, 0.2) is 73.2 Å². The molecule has 8 heteroatoms. The van der Waals surface area contributed by atoms with Crippen molar-refractivity contribution in [3.05, 3.63) is 84.6 Å². The number of nitrogens with one attached hydrogen (secondary N) is 1. The van der Waals surface area contributed by atoms with Gasteiger partial charge in [-0.1, -0.05) is 42.5 Å². The molecule has 1 saturated heterocycles. The second kappa shape index (κ2) is 9.61. The zero-order valence-corrected chi connectivity index (χ0v) is 19.1. The molecule has 0 radical (unpaired) electrons. The highest BCUT2D eigenvalue weighted by molar-refractivity contribution is 5.84. The molecule has 1 amide bonds. The number of hydrogen-bond acceptors (Lipinski definition) is 5. The Balaban J connectivity index is 1.27. The van der Waals surface area contributed by atoms with Gasteiger partial charge in [0.1, 0.15) is 17.3 Å². The van der Waals surface area contributed by atoms with Crippen molar-refractivity contribution in [3.8, 4) is 11.3 Å². The normalized spacial score (nSPS) is 15.4. The summed E-state index contributed by atoms with van der Waals surface area (Å²) in [4.78, 5) is 26.0. The number of fused-ring (bicyclic) bond motifs is 1. The first-order valence-electron chi connectivity index (χ1n) is 11.5. The van der Waals surface area contributed by atoms with E-state index in [2.05, 4.69) is 51.4 Å². The van der Waals surface area contributed by atoms with Gasteiger partial charge < -0.3 is 10.2 Å². The lowest BCUT2D eigenvalue weighted by Gasteiger charge is -2.38. The number of halogens is 1. The van der Waals surface area contributed by atoms with E-state index in [-0.39, 0.29) is 18.3 Å². The second-order valence-electron chi connectivity index (χ2n) is 8.45. The van der Waals surface area contributed by atoms with Crippen molar-refractivity contribution in [1.29, 1.82) is 0 Å². The molecule has 1 atom stereocenters. The van der Waals surface area contributed by atoms with Gasteiger partial charge in [-0.25, -0.2) is 9.37 Å². The highest BCUT2D eigenvalue weighted by atomic mass is 19.1. The Bertz CT molecular complexity index is 1280. The van der Waals surface area contributed by atoms with Crippen molar-refractivity contribution in [2.45, 2.75) is 13.0 Å². The van der Waals surface area contributed by atoms with Crippen LogP contribution >= 0.6 is 0 Å². The van der Waals surface area contributed by atoms with E-state index in [4.69, 9.17) is 0 Å². The van der Waals surface area contributed by atoms with Crippen LogP contribution in [-0.4, -0.2) is 62.8 Å². The quantitative estimate of drug-likeness (QED) is 0.476. The van der Waals surface area contributed by atoms with Crippen LogP contribution in [0.5, 0.6) is 0 Å². The molecule has 1 aliphatic heterocycles. The fraction of sp³-hybridized carbons (Fsp3) is 0.269. The third kappa shape index (κ3) is 4.36. The number of imidazole rings is 1. The van der Waals surface area contributed by atoms with Gasteiger partial charge in [0.15, 0.2) is 5.65 Å². The molecule has 0 saturated carbocycles. The molecule has 7 nitrogen and oxygen atoms in total. The predicted octanol–water partition coefficient (Wildman–Crippen LogP) is 3.85. The molecule has 1 unspecified atom stereocenters. The Labute approximate surface area is 197 Å². The van der Waals surface area contributed by atoms with E-state index >= 15 is 0 Å². The number of hydrogen-bond donors (Lipinski definition) is 1. The number of carbonyl (C=O) groups excluding carboxylic acids is 1. The van der Waals surface area contributed by atoms with E-state index in [1.807, 2.05) is 11.0 Å². The molecule has 4 aromatic rings. The van der Waals surface area contributed by atoms with Gasteiger partial charge in [0.2, 0.25) is 5.91 Å². The van der Waals surface area contributed by atoms with Crippen molar-refractivity contribution >= 4 is 17.4 Å². The summed E-state index contributed by atoms with van der Waals surface area (Å²) in [6.45, 7) is 5.31. The molecule has 0 aliphatic carbocycles. The first-order chi connectivity index (χ1) is 16.6. The number of piperazine rings is 1. The van der Waals surface area contributed by atoms with Gasteiger partial charge in [0, 0.05) is 50.2 Å². The SMILES string of the molecule is CC(c1ccccc1)N1CCN(C(=O)CNc2c(-c3ccccc3F)nc3cnccn23)CC1. The molecule has 1 fully saturated rings. The molecule has 0 bridgehead atoms. The second-order valence-corrected chi connectivity index (χ2v) is 8.45. The largest absolute Gasteiger partial charge is 0.360 e. The fourth-order valence-electron chi connectivity index (χ4n) is 4.49. The van der Waals surface area contributed by atoms with E-state index < -0.39 is 0 Å². The molecular formula is C26H27FN6O. The fourth-order valence-corrected chi connectivity index (χ4v) is 4.49. The molecular weight excluding hydrogens is 431 g/mol. The molecule has 2 aromatic heterocycles. The van der Waals surface area contributed by atoms with E-state index in [1.165, 1.54) is 11.6 Å². The number of aromatic nitrogens is 3. The average molecular weight is 459 g/mol. The predicted molar refractivity (Wildman–Crippen MR) is 130 cm³/mol. The summed E-state index contributed by atoms with van der Waals surface area (Å²) in [5.41, 5.74) is 2.70. The number of benzene rings is 2. The van der Waals surface area contributed by atoms with Crippen LogP contribution in [0.2, 0.25) is 0 Å². The Morgan fingerprint density at radius 1 is 1.06 bits per heavy atom. The summed E-state index contributed by atoms with van der Waals surface area (Å²) in [6, 6.07) is 17.2. The van der Waals surface area contributed by atoms with Gasteiger partial charge in [-0.15, -0.1) is 0 Å². The minimum absolute atomic E-state index is 0.00973. The minimum Gasteiger partial charge on any atom is -0.360 e. The lowest BCUT2D eigenvalue weighted by Crippen LogP contribution is -2.50. The number of rotatable bonds is 6. The Morgan fingerprint density at radius 2 is 1.79 bits per heavy atom. The summed E-state index contributed by atoms with van der Waals surface area (Å²) < 4.78 is 16.3. The van der Waals surface area contributed by atoms with Crippen molar-refractivity contribution in [3.63, 3.8) is 0 Å². The summed E-state index contributed by atoms with van der Waals surface area (Å²) in [7, 11) is 0. The lowest BCUT2D eigenvalue weighted by molar-refractivity contribution is -0.131. The monoisotopic (exact) mass is 458 g/mol. The maximum Gasteiger partial charge on any atom is 0.242 e. The van der Waals surface area contributed by atoms with Gasteiger partial charge in [0.25, 0.3) is 0 Å². The molecule has 2 aromatic carbocycles. The first kappa shape index (κ1) is 22.0. The maximum atomic E-state index is 14.5. The van der Waals surface area contributed by atoms with Gasteiger partial charge in [-0.05, 0) is 24.6 Å². The number of anilines is 1. The van der Waals surface area contributed by atoms with Crippen molar-refractivity contribution in [2.75, 3.05) is 38.0 Å². The van der Waals surface area contributed by atoms with E-state index in [1.54, 1.807) is 41.2 Å². The van der Waals surface area contributed by atoms with Crippen LogP contribution in [0.1, 0.15) is 18.5 Å². The smallest absolute Gasteiger partial charge is 0.242 e. The van der Waals surface area contributed by atoms with E-state index in [0.29, 0.717) is 41.9 Å². The highest BCUT2D eigenvalue weighted by Gasteiger charge is 2.25. The zero-order chi connectivity index (χ0) is 23.5. The minimum atomic E-state index is -0.364. The molecule has 0 spiro atoms. The number of amides is 1. The third-order valence-electron chi connectivity index (χ3n) is 6.46. The van der Waals surface area contributed by atoms with Crippen LogP contribution in [0, 0.1) is 5.82 Å². The summed E-state index contributed by atoms with van der Waals surface area (Å²) in [5, 5.41) is 3.22. The first-order valence-corrected chi connectivity index (χ1v) is 11.5. The molecule has 34 heavy (non-hydrogen) atoms. The number of nitrogens with zero attached hydrogens (tertiary/aromatic N) is 5. The summed E-state index contributed by atoms with van der Waals surface area (Å²) in [5.74, 6) is 0.222. The number of carbonyl (C=O) groups is 1. The van der Waals surface area contributed by atoms with Crippen LogP contribution < -0.4 is 5.32 Å². The van der Waals surface area contributed by atoms with E-state index in [9.17, 15) is 9.18 Å². The standard InChI is InChI=1S/C26H27FN6O/c1-19(20-7-3-2-4-8-20)31-13-15-32(16-14-31)24(34)18-29-26-25(21-9-5-6-10-22(21)27)30-23-17-28-11-12-33(23)26/h2-12,17,19,29H,13-16,18H2,1H3. The van der Waals surface area contributed by atoms with Crippen LogP contribution in [0.4, 0.5) is 10.2 Å². The van der Waals surface area contributed by atoms with Crippen LogP contribution in [-0.2, 0) is 4.79 Å². The van der Waals surface area contributed by atoms with Gasteiger partial charge in [-0.2, -0.15) is 0 Å².